The molecule has 16 heavy (non-hydrogen) atoms. The molecule has 0 fully saturated rings. The van der Waals surface area contributed by atoms with E-state index in [9.17, 15) is 0 Å². The molecule has 1 N–H and O–H groups in total. The second-order valence-electron chi connectivity index (χ2n) is 3.37. The normalized spacial score (nSPS) is 10.4. The minimum atomic E-state index is 0.615. The molecule has 0 spiro atoms. The van der Waals surface area contributed by atoms with Crippen molar-refractivity contribution < 1.29 is 4.74 Å². The van der Waals surface area contributed by atoms with Crippen molar-refractivity contribution in [3.05, 3.63) is 29.0 Å². The molecule has 0 saturated carbocycles. The summed E-state index contributed by atoms with van der Waals surface area (Å²) in [5.41, 5.74) is 1.01. The lowest BCUT2D eigenvalue weighted by atomic mass is 10.2. The van der Waals surface area contributed by atoms with Gasteiger partial charge >= 0.3 is 0 Å². The van der Waals surface area contributed by atoms with Gasteiger partial charge in [-0.1, -0.05) is 0 Å². The van der Waals surface area contributed by atoms with Gasteiger partial charge in [-0.25, -0.2) is 0 Å². The summed E-state index contributed by atoms with van der Waals surface area (Å²) in [6, 6.07) is 7.79. The molecule has 5 heteroatoms. The Kier molecular flexibility index (Phi) is 3.05. The summed E-state index contributed by atoms with van der Waals surface area (Å²) in [7, 11) is 1.89. The highest BCUT2D eigenvalue weighted by Crippen LogP contribution is 2.20. The van der Waals surface area contributed by atoms with Crippen LogP contribution in [0, 0.1) is 4.77 Å². The molecule has 4 nitrogen and oxygen atoms in total. The van der Waals surface area contributed by atoms with Gasteiger partial charge in [0.1, 0.15) is 5.75 Å². The summed E-state index contributed by atoms with van der Waals surface area (Å²) in [5.74, 6) is 1.69. The molecule has 0 amide bonds. The van der Waals surface area contributed by atoms with Crippen LogP contribution in [0.3, 0.4) is 0 Å². The van der Waals surface area contributed by atoms with Crippen molar-refractivity contribution >= 4 is 12.2 Å². The van der Waals surface area contributed by atoms with Crippen molar-refractivity contribution in [3.8, 4) is 17.1 Å². The third kappa shape index (κ3) is 1.99. The number of rotatable bonds is 3. The lowest BCUT2D eigenvalue weighted by Gasteiger charge is -2.04. The van der Waals surface area contributed by atoms with Crippen LogP contribution >= 0.6 is 12.2 Å². The van der Waals surface area contributed by atoms with Crippen molar-refractivity contribution in [3.63, 3.8) is 0 Å². The van der Waals surface area contributed by atoms with Crippen LogP contribution in [0.1, 0.15) is 6.92 Å². The van der Waals surface area contributed by atoms with E-state index in [0.717, 1.165) is 17.1 Å². The summed E-state index contributed by atoms with van der Waals surface area (Å²) in [6.07, 6.45) is 0. The molecule has 0 unspecified atom stereocenters. The fourth-order valence-corrected chi connectivity index (χ4v) is 1.60. The summed E-state index contributed by atoms with van der Waals surface area (Å²) in [5, 5.41) is 6.93. The van der Waals surface area contributed by atoms with E-state index in [-0.39, 0.29) is 0 Å². The number of hydrogen-bond acceptors (Lipinski definition) is 3. The Balaban J connectivity index is 2.35. The van der Waals surface area contributed by atoms with Gasteiger partial charge in [0.05, 0.1) is 6.61 Å². The van der Waals surface area contributed by atoms with Crippen molar-refractivity contribution in [1.82, 2.24) is 14.8 Å². The van der Waals surface area contributed by atoms with Crippen molar-refractivity contribution in [2.75, 3.05) is 6.61 Å². The summed E-state index contributed by atoms with van der Waals surface area (Å²) < 4.78 is 7.83. The monoisotopic (exact) mass is 235 g/mol. The van der Waals surface area contributed by atoms with Crippen molar-refractivity contribution in [2.45, 2.75) is 6.92 Å². The highest BCUT2D eigenvalue weighted by molar-refractivity contribution is 7.71. The standard InChI is InChI=1S/C11H13N3OS/c1-3-15-9-6-4-8(5-7-9)10-12-13-11(16)14(10)2/h4-7H,3H2,1-2H3,(H,13,16). The van der Waals surface area contributed by atoms with Gasteiger partial charge in [0, 0.05) is 12.6 Å². The van der Waals surface area contributed by atoms with E-state index in [4.69, 9.17) is 17.0 Å². The minimum Gasteiger partial charge on any atom is -0.494 e. The molecule has 2 rings (SSSR count). The molecule has 0 bridgehead atoms. The Morgan fingerprint density at radius 3 is 2.56 bits per heavy atom. The van der Waals surface area contributed by atoms with Crippen LogP contribution in [0.5, 0.6) is 5.75 Å². The molecule has 1 aromatic heterocycles. The van der Waals surface area contributed by atoms with E-state index in [1.54, 1.807) is 0 Å². The lowest BCUT2D eigenvalue weighted by Crippen LogP contribution is -1.94. The van der Waals surface area contributed by atoms with Gasteiger partial charge in [-0.3, -0.25) is 5.10 Å². The van der Waals surface area contributed by atoms with Gasteiger partial charge in [0.2, 0.25) is 0 Å². The average molecular weight is 235 g/mol. The Morgan fingerprint density at radius 1 is 1.38 bits per heavy atom. The van der Waals surface area contributed by atoms with Crippen molar-refractivity contribution in [2.24, 2.45) is 7.05 Å². The molecule has 0 aliphatic carbocycles. The fourth-order valence-electron chi connectivity index (χ4n) is 1.47. The van der Waals surface area contributed by atoms with Crippen LogP contribution in [-0.4, -0.2) is 21.4 Å². The maximum atomic E-state index is 5.38. The molecule has 0 saturated heterocycles. The van der Waals surface area contributed by atoms with Gasteiger partial charge in [-0.05, 0) is 43.4 Å². The average Bonchev–Trinajstić information content (AvgIpc) is 2.62. The van der Waals surface area contributed by atoms with Crippen molar-refractivity contribution in [1.29, 1.82) is 0 Å². The highest BCUT2D eigenvalue weighted by Gasteiger charge is 2.05. The first-order valence-corrected chi connectivity index (χ1v) is 5.48. The first-order valence-electron chi connectivity index (χ1n) is 5.07. The number of nitrogens with zero attached hydrogens (tertiary/aromatic N) is 2. The van der Waals surface area contributed by atoms with Gasteiger partial charge in [-0.2, -0.15) is 5.10 Å². The van der Waals surface area contributed by atoms with Crippen LogP contribution in [0.2, 0.25) is 0 Å². The maximum Gasteiger partial charge on any atom is 0.195 e. The number of aromatic amines is 1. The third-order valence-corrected chi connectivity index (χ3v) is 2.67. The molecule has 0 radical (unpaired) electrons. The van der Waals surface area contributed by atoms with Gasteiger partial charge in [0.15, 0.2) is 10.6 Å². The van der Waals surface area contributed by atoms with Crippen LogP contribution in [-0.2, 0) is 7.05 Å². The second-order valence-corrected chi connectivity index (χ2v) is 3.76. The zero-order valence-corrected chi connectivity index (χ0v) is 10.0. The Bertz CT molecular complexity index is 527. The van der Waals surface area contributed by atoms with E-state index in [1.807, 2.05) is 42.8 Å². The van der Waals surface area contributed by atoms with Gasteiger partial charge in [-0.15, -0.1) is 0 Å². The number of aromatic nitrogens is 3. The number of hydrogen-bond donors (Lipinski definition) is 1. The molecule has 2 aromatic rings. The first kappa shape index (κ1) is 10.9. The zero-order valence-electron chi connectivity index (χ0n) is 9.23. The SMILES string of the molecule is CCOc1ccc(-c2n[nH]c(=S)n2C)cc1. The molecule has 1 aromatic carbocycles. The summed E-state index contributed by atoms with van der Waals surface area (Å²) >= 11 is 5.06. The molecule has 0 aliphatic rings. The predicted molar refractivity (Wildman–Crippen MR) is 65.0 cm³/mol. The predicted octanol–water partition coefficient (Wildman–Crippen LogP) is 2.54. The van der Waals surface area contributed by atoms with E-state index >= 15 is 0 Å². The first-order chi connectivity index (χ1) is 7.72. The molecule has 1 heterocycles. The number of ether oxygens (including phenoxy) is 1. The Hall–Kier alpha value is -1.62. The Labute approximate surface area is 98.9 Å². The highest BCUT2D eigenvalue weighted by atomic mass is 32.1. The summed E-state index contributed by atoms with van der Waals surface area (Å²) in [6.45, 7) is 2.64. The maximum absolute atomic E-state index is 5.38. The molecular formula is C11H13N3OS. The van der Waals surface area contributed by atoms with Crippen LogP contribution < -0.4 is 4.74 Å². The Morgan fingerprint density at radius 2 is 2.06 bits per heavy atom. The van der Waals surface area contributed by atoms with E-state index in [0.29, 0.717) is 11.4 Å². The third-order valence-electron chi connectivity index (χ3n) is 2.30. The van der Waals surface area contributed by atoms with Crippen LogP contribution in [0.25, 0.3) is 11.4 Å². The fraction of sp³-hybridized carbons (Fsp3) is 0.273. The number of nitrogens with one attached hydrogen (secondary N) is 1. The van der Waals surface area contributed by atoms with E-state index in [1.165, 1.54) is 0 Å². The zero-order chi connectivity index (χ0) is 11.5. The second kappa shape index (κ2) is 4.49. The van der Waals surface area contributed by atoms with Gasteiger partial charge in [0.25, 0.3) is 0 Å². The quantitative estimate of drug-likeness (QED) is 0.831. The minimum absolute atomic E-state index is 0.615. The van der Waals surface area contributed by atoms with E-state index in [2.05, 4.69) is 10.2 Å². The largest absolute Gasteiger partial charge is 0.494 e. The number of H-pyrrole nitrogens is 1. The number of benzene rings is 1. The summed E-state index contributed by atoms with van der Waals surface area (Å²) in [4.78, 5) is 0. The van der Waals surface area contributed by atoms with Crippen LogP contribution in [0.15, 0.2) is 24.3 Å². The molecule has 0 aliphatic heterocycles. The molecule has 84 valence electrons. The van der Waals surface area contributed by atoms with E-state index < -0.39 is 0 Å². The van der Waals surface area contributed by atoms with Crippen LogP contribution in [0.4, 0.5) is 0 Å². The molecule has 0 atom stereocenters. The van der Waals surface area contributed by atoms with Gasteiger partial charge < -0.3 is 9.30 Å². The topological polar surface area (TPSA) is 42.8 Å². The molecular weight excluding hydrogens is 222 g/mol. The lowest BCUT2D eigenvalue weighted by molar-refractivity contribution is 0.340. The smallest absolute Gasteiger partial charge is 0.195 e.